The molecule has 0 aliphatic rings. The van der Waals surface area contributed by atoms with Gasteiger partial charge in [0.1, 0.15) is 32.7 Å². The second-order valence-corrected chi connectivity index (χ2v) is 22.2. The summed E-state index contributed by atoms with van der Waals surface area (Å²) in [5.41, 5.74) is 5.47. The molecule has 82 heavy (non-hydrogen) atoms. The van der Waals surface area contributed by atoms with Crippen molar-refractivity contribution in [1.82, 2.24) is 49.4 Å². The number of nitrogens with two attached hydrogens (primary N) is 1. The molecule has 0 radical (unpaired) electrons. The van der Waals surface area contributed by atoms with Gasteiger partial charge < -0.3 is 70.5 Å². The molecule has 0 aromatic carbocycles. The smallest absolute Gasteiger partial charge is 0.242 e. The zero-order chi connectivity index (χ0) is 62.6. The van der Waals surface area contributed by atoms with Crippen LogP contribution in [0.15, 0.2) is 0 Å². The van der Waals surface area contributed by atoms with Crippen LogP contribution >= 0.6 is 0 Å². The van der Waals surface area contributed by atoms with Gasteiger partial charge in [-0.25, -0.2) is 0 Å². The molecule has 0 spiro atoms. The largest absolute Gasteiger partial charge is 0.392 e. The molecule has 10 atom stereocenters. The van der Waals surface area contributed by atoms with Crippen LogP contribution in [-0.2, 0) is 47.9 Å². The van der Waals surface area contributed by atoms with E-state index in [9.17, 15) is 63.3 Å². The first kappa shape index (κ1) is 78.6. The van der Waals surface area contributed by atoms with Crippen molar-refractivity contribution in [2.24, 2.45) is 5.73 Å². The molecule has 0 bridgehead atoms. The van der Waals surface area contributed by atoms with Gasteiger partial charge in [-0.1, -0.05) is 55.9 Å². The molecule has 10 unspecified atom stereocenters. The predicted octanol–water partition coefficient (Wildman–Crippen LogP) is 1.89. The number of nitrogens with one attached hydrogen (secondary N) is 1. The third-order valence-electron chi connectivity index (χ3n) is 15.2. The van der Waals surface area contributed by atoms with Crippen molar-refractivity contribution in [3.05, 3.63) is 0 Å². The first-order chi connectivity index (χ1) is 37.8. The number of carbonyl (C=O) groups excluding carboxylic acids is 10. The Hall–Kier alpha value is -5.46. The standard InChI is InChI=1S/C57H107N11O13.CH4/c1-18-38(8)59-25-49(73)64(40(10)20-3)33-51(75)60(26-45(15)69)30-50(74)61(27-46(16)70)31-53(77)66(42(12)22-5)36-56(80)65(41(11)21-4)34-52(76)62(28-47(17)71)32-54(78)67(43(13)23-6)37-57(81)68(44(14)24-7)35-55(79)63(29-48(58)72)39(9)19-2;/h38-47,59,69-71H,18-37H2,1-17H3,(H2,58,72);1H4. The number of rotatable bonds is 40. The van der Waals surface area contributed by atoms with E-state index in [0.29, 0.717) is 38.5 Å². The first-order valence-electron chi connectivity index (χ1n) is 29.4. The molecule has 0 aromatic heterocycles. The van der Waals surface area contributed by atoms with E-state index in [0.717, 1.165) is 21.1 Å². The minimum atomic E-state index is -1.13. The fourth-order valence-electron chi connectivity index (χ4n) is 8.63. The molecular weight excluding hydrogens is 1060 g/mol. The van der Waals surface area contributed by atoms with Crippen LogP contribution in [0.1, 0.15) is 170 Å². The highest BCUT2D eigenvalue weighted by Crippen LogP contribution is 2.16. The summed E-state index contributed by atoms with van der Waals surface area (Å²) in [5.74, 6) is -6.03. The maximum atomic E-state index is 14.5. The van der Waals surface area contributed by atoms with Gasteiger partial charge in [-0.2, -0.15) is 0 Å². The number of nitrogens with zero attached hydrogens (tertiary/aromatic N) is 9. The van der Waals surface area contributed by atoms with Gasteiger partial charge in [-0.3, -0.25) is 47.9 Å². The minimum Gasteiger partial charge on any atom is -0.392 e. The number of aliphatic hydroxyl groups excluding tert-OH is 3. The van der Waals surface area contributed by atoms with Crippen LogP contribution in [0.3, 0.4) is 0 Å². The van der Waals surface area contributed by atoms with Crippen molar-refractivity contribution < 1.29 is 63.3 Å². The average Bonchev–Trinajstić information content (AvgIpc) is 3.57. The summed E-state index contributed by atoms with van der Waals surface area (Å²) in [4.78, 5) is 150. The molecule has 0 rings (SSSR count). The van der Waals surface area contributed by atoms with E-state index in [1.54, 1.807) is 48.5 Å². The zero-order valence-electron chi connectivity index (χ0n) is 52.4. The van der Waals surface area contributed by atoms with Crippen LogP contribution in [0.5, 0.6) is 0 Å². The molecule has 0 aliphatic heterocycles. The Morgan fingerprint density at radius 2 is 0.537 bits per heavy atom. The number of amides is 10. The van der Waals surface area contributed by atoms with Gasteiger partial charge in [0, 0.05) is 61.9 Å². The van der Waals surface area contributed by atoms with Crippen molar-refractivity contribution in [3.63, 3.8) is 0 Å². The Morgan fingerprint density at radius 1 is 0.329 bits per heavy atom. The van der Waals surface area contributed by atoms with Crippen LogP contribution in [0.4, 0.5) is 0 Å². The average molecular weight is 1170 g/mol. The molecule has 0 saturated carbocycles. The molecule has 0 aliphatic carbocycles. The Bertz CT molecular complexity index is 2010. The van der Waals surface area contributed by atoms with Crippen molar-refractivity contribution in [2.75, 3.05) is 85.1 Å². The lowest BCUT2D eigenvalue weighted by Gasteiger charge is -2.37. The van der Waals surface area contributed by atoms with Crippen molar-refractivity contribution in [1.29, 1.82) is 0 Å². The van der Waals surface area contributed by atoms with Gasteiger partial charge in [0.25, 0.3) is 0 Å². The van der Waals surface area contributed by atoms with Gasteiger partial charge >= 0.3 is 0 Å². The van der Waals surface area contributed by atoms with Crippen molar-refractivity contribution >= 4 is 59.1 Å². The van der Waals surface area contributed by atoms with Crippen LogP contribution < -0.4 is 11.1 Å². The van der Waals surface area contributed by atoms with Crippen LogP contribution in [0.25, 0.3) is 0 Å². The maximum Gasteiger partial charge on any atom is 0.242 e. The monoisotopic (exact) mass is 1170 g/mol. The Labute approximate surface area is 491 Å². The molecule has 24 heteroatoms. The summed E-state index contributed by atoms with van der Waals surface area (Å²) in [7, 11) is 0. The van der Waals surface area contributed by atoms with Crippen LogP contribution in [-0.4, -0.2) is 264 Å². The van der Waals surface area contributed by atoms with E-state index >= 15 is 0 Å². The molecule has 0 saturated heterocycles. The summed E-state index contributed by atoms with van der Waals surface area (Å²) < 4.78 is 0. The lowest BCUT2D eigenvalue weighted by atomic mass is 10.1. The molecule has 24 nitrogen and oxygen atoms in total. The summed E-state index contributed by atoms with van der Waals surface area (Å²) >= 11 is 0. The van der Waals surface area contributed by atoms with E-state index in [2.05, 4.69) is 5.32 Å². The van der Waals surface area contributed by atoms with Gasteiger partial charge in [0.05, 0.1) is 51.0 Å². The Kier molecular flexibility index (Phi) is 38.3. The van der Waals surface area contributed by atoms with E-state index in [-0.39, 0.29) is 77.3 Å². The van der Waals surface area contributed by atoms with Gasteiger partial charge in [-0.15, -0.1) is 0 Å². The summed E-state index contributed by atoms with van der Waals surface area (Å²) in [6, 6.07) is -2.73. The number of carbonyl (C=O) groups is 10. The molecule has 6 N–H and O–H groups in total. The number of primary amides is 1. The van der Waals surface area contributed by atoms with Crippen molar-refractivity contribution in [3.8, 4) is 0 Å². The molecular formula is C58H111N11O13. The van der Waals surface area contributed by atoms with Gasteiger partial charge in [0.2, 0.25) is 59.1 Å². The molecule has 0 fully saturated rings. The van der Waals surface area contributed by atoms with E-state index < -0.39 is 135 Å². The Balaban J connectivity index is 0. The topological polar surface area (TPSA) is 299 Å². The fourth-order valence-corrected chi connectivity index (χ4v) is 8.63. The highest BCUT2D eigenvalue weighted by molar-refractivity contribution is 5.94. The lowest BCUT2D eigenvalue weighted by Crippen LogP contribution is -2.56. The third kappa shape index (κ3) is 27.3. The van der Waals surface area contributed by atoms with Crippen LogP contribution in [0.2, 0.25) is 0 Å². The predicted molar refractivity (Wildman–Crippen MR) is 317 cm³/mol. The first-order valence-corrected chi connectivity index (χ1v) is 29.4. The molecule has 476 valence electrons. The number of hydrogen-bond acceptors (Lipinski definition) is 14. The van der Waals surface area contributed by atoms with E-state index in [4.69, 9.17) is 5.73 Å². The minimum absolute atomic E-state index is 0. The van der Waals surface area contributed by atoms with Crippen LogP contribution in [0, 0.1) is 0 Å². The summed E-state index contributed by atoms with van der Waals surface area (Å²) in [5, 5.41) is 34.8. The molecule has 10 amide bonds. The van der Waals surface area contributed by atoms with Gasteiger partial charge in [0.15, 0.2) is 0 Å². The maximum absolute atomic E-state index is 14.5. The fraction of sp³-hybridized carbons (Fsp3) is 0.828. The normalized spacial score (nSPS) is 14.8. The summed E-state index contributed by atoms with van der Waals surface area (Å²) in [6.07, 6.45) is 0.157. The summed E-state index contributed by atoms with van der Waals surface area (Å²) in [6.45, 7) is 24.4. The highest BCUT2D eigenvalue weighted by atomic mass is 16.3. The second kappa shape index (κ2) is 39.9. The second-order valence-electron chi connectivity index (χ2n) is 22.2. The molecule has 0 aromatic rings. The zero-order valence-corrected chi connectivity index (χ0v) is 52.4. The number of aliphatic hydroxyl groups is 3. The highest BCUT2D eigenvalue weighted by Gasteiger charge is 2.36. The SMILES string of the molecule is C.CCC(C)NCC(=O)N(CC(=O)N(CC(=O)N(CC(=O)N(CC(=O)N(CC(=O)N(CC(=O)N(CC(=O)N(CC(=O)N(CC(N)=O)C(C)CC)C(C)CC)C(C)CC)CC(C)O)C(C)CC)C(C)CC)CC(C)O)CC(C)O)C(C)CC. The Morgan fingerprint density at radius 3 is 0.768 bits per heavy atom. The quantitative estimate of drug-likeness (QED) is 0.0586. The van der Waals surface area contributed by atoms with Crippen molar-refractivity contribution in [2.45, 2.75) is 231 Å². The number of hydrogen-bond donors (Lipinski definition) is 5. The molecule has 0 heterocycles. The lowest BCUT2D eigenvalue weighted by molar-refractivity contribution is -0.152. The van der Waals surface area contributed by atoms with Gasteiger partial charge in [-0.05, 0) is 114 Å². The third-order valence-corrected chi connectivity index (χ3v) is 15.2. The van der Waals surface area contributed by atoms with E-state index in [1.807, 2.05) is 48.5 Å². The van der Waals surface area contributed by atoms with E-state index in [1.165, 1.54) is 50.2 Å².